The molecule has 43 heavy (non-hydrogen) atoms. The number of carbonyl (C=O) groups is 3. The van der Waals surface area contributed by atoms with E-state index < -0.39 is 5.91 Å². The highest BCUT2D eigenvalue weighted by atomic mass is 16.2. The van der Waals surface area contributed by atoms with Crippen molar-refractivity contribution < 1.29 is 14.4 Å². The standard InChI is InChI=1S/C36H30N4O3/c1-5-21(6-2)39-17-20-13-18(15-37)28-24-10-12-26-31-27(36(43)40(35(26)42)22(7-3)8-4)14-19(16-38)29(33(24)31)23-9-11-25(34(39)41)30(20)32(23)28/h9-14,21-22H,5-8,17H2,1-4H3. The van der Waals surface area contributed by atoms with Crippen LogP contribution in [0.15, 0.2) is 36.4 Å². The number of nitriles is 2. The van der Waals surface area contributed by atoms with Crippen molar-refractivity contribution in [3.63, 3.8) is 0 Å². The molecule has 0 saturated carbocycles. The Bertz CT molecular complexity index is 2160. The number of nitrogens with zero attached hydrogens (tertiary/aromatic N) is 4. The van der Waals surface area contributed by atoms with E-state index in [1.807, 2.05) is 43.0 Å². The van der Waals surface area contributed by atoms with Gasteiger partial charge >= 0.3 is 0 Å². The van der Waals surface area contributed by atoms with Gasteiger partial charge in [-0.25, -0.2) is 0 Å². The summed E-state index contributed by atoms with van der Waals surface area (Å²) >= 11 is 0. The molecule has 0 saturated heterocycles. The molecule has 0 atom stereocenters. The molecule has 0 N–H and O–H groups in total. The fourth-order valence-corrected chi connectivity index (χ4v) is 7.79. The van der Waals surface area contributed by atoms with Crippen LogP contribution in [0.2, 0.25) is 0 Å². The van der Waals surface area contributed by atoms with Gasteiger partial charge in [-0.1, -0.05) is 39.8 Å². The smallest absolute Gasteiger partial charge is 0.261 e. The van der Waals surface area contributed by atoms with E-state index in [0.29, 0.717) is 74.1 Å². The summed E-state index contributed by atoms with van der Waals surface area (Å²) in [6, 6.07) is 15.4. The zero-order chi connectivity index (χ0) is 30.3. The predicted octanol–water partition coefficient (Wildman–Crippen LogP) is 7.41. The molecule has 0 spiro atoms. The Morgan fingerprint density at radius 1 is 0.628 bits per heavy atom. The lowest BCUT2D eigenvalue weighted by Gasteiger charge is -2.36. The van der Waals surface area contributed by atoms with Crippen molar-refractivity contribution in [1.82, 2.24) is 9.80 Å². The summed E-state index contributed by atoms with van der Waals surface area (Å²) in [5.41, 5.74) is 3.07. The maximum atomic E-state index is 13.9. The van der Waals surface area contributed by atoms with Crippen molar-refractivity contribution in [2.45, 2.75) is 72.0 Å². The molecule has 0 bridgehead atoms. The highest BCUT2D eigenvalue weighted by Gasteiger charge is 2.39. The van der Waals surface area contributed by atoms with Crippen LogP contribution in [0.25, 0.3) is 43.1 Å². The first-order valence-corrected chi connectivity index (χ1v) is 15.1. The van der Waals surface area contributed by atoms with Crippen LogP contribution >= 0.6 is 0 Å². The van der Waals surface area contributed by atoms with E-state index in [1.165, 1.54) is 4.90 Å². The van der Waals surface area contributed by atoms with Crippen molar-refractivity contribution in [3.8, 4) is 12.1 Å². The Hall–Kier alpha value is -5.01. The number of benzene rings is 5. The molecular weight excluding hydrogens is 536 g/mol. The van der Waals surface area contributed by atoms with Gasteiger partial charge in [0.05, 0.1) is 28.8 Å². The molecular formula is C36H30N4O3. The van der Waals surface area contributed by atoms with Crippen LogP contribution in [0.1, 0.15) is 101 Å². The Labute approximate surface area is 249 Å². The topological polar surface area (TPSA) is 105 Å². The van der Waals surface area contributed by atoms with Crippen molar-refractivity contribution in [2.24, 2.45) is 0 Å². The number of hydrogen-bond donors (Lipinski definition) is 0. The third kappa shape index (κ3) is 3.31. The van der Waals surface area contributed by atoms with Crippen LogP contribution in [0.5, 0.6) is 0 Å². The second-order valence-corrected chi connectivity index (χ2v) is 11.7. The highest BCUT2D eigenvalue weighted by molar-refractivity contribution is 6.40. The summed E-state index contributed by atoms with van der Waals surface area (Å²) in [5, 5.41) is 26.4. The zero-order valence-corrected chi connectivity index (χ0v) is 24.7. The highest BCUT2D eigenvalue weighted by Crippen LogP contribution is 2.48. The van der Waals surface area contributed by atoms with Gasteiger partial charge in [0.2, 0.25) is 0 Å². The molecule has 2 aliphatic rings. The number of imide groups is 1. The Balaban J connectivity index is 1.65. The van der Waals surface area contributed by atoms with Gasteiger partial charge in [0.25, 0.3) is 17.7 Å². The minimum atomic E-state index is -0.393. The van der Waals surface area contributed by atoms with Gasteiger partial charge in [0.15, 0.2) is 0 Å². The lowest BCUT2D eigenvalue weighted by Crippen LogP contribution is -2.46. The van der Waals surface area contributed by atoms with Gasteiger partial charge in [0.1, 0.15) is 0 Å². The van der Waals surface area contributed by atoms with E-state index >= 15 is 0 Å². The zero-order valence-electron chi connectivity index (χ0n) is 24.7. The average molecular weight is 567 g/mol. The first kappa shape index (κ1) is 26.9. The van der Waals surface area contributed by atoms with Crippen LogP contribution in [-0.2, 0) is 6.54 Å². The second kappa shape index (κ2) is 9.51. The van der Waals surface area contributed by atoms with Crippen molar-refractivity contribution >= 4 is 60.8 Å². The number of carbonyl (C=O) groups excluding carboxylic acids is 3. The number of hydrogen-bond acceptors (Lipinski definition) is 5. The lowest BCUT2D eigenvalue weighted by atomic mass is 9.79. The molecule has 2 aliphatic heterocycles. The summed E-state index contributed by atoms with van der Waals surface area (Å²) in [6.07, 6.45) is 2.93. The third-order valence-electron chi connectivity index (χ3n) is 9.85. The van der Waals surface area contributed by atoms with Gasteiger partial charge in [-0.2, -0.15) is 10.5 Å². The van der Waals surface area contributed by atoms with Crippen molar-refractivity contribution in [1.29, 1.82) is 10.5 Å². The number of fused-ring (bicyclic) bond motifs is 2. The van der Waals surface area contributed by atoms with E-state index in [1.54, 1.807) is 12.1 Å². The normalized spacial score (nSPS) is 14.7. The van der Waals surface area contributed by atoms with Crippen LogP contribution in [0.3, 0.4) is 0 Å². The van der Waals surface area contributed by atoms with Crippen LogP contribution in [0.4, 0.5) is 0 Å². The SMILES string of the molecule is CCC(CC)N1Cc2cc(C#N)c3c4ccc5c6c(cc(C#N)c(c7ccc(c2c73)C1=O)c64)C(=O)N(C(CC)CC)C5=O. The first-order valence-electron chi connectivity index (χ1n) is 15.1. The van der Waals surface area contributed by atoms with Crippen LogP contribution in [-0.4, -0.2) is 39.6 Å². The molecule has 212 valence electrons. The minimum absolute atomic E-state index is 0.0300. The molecule has 2 heterocycles. The van der Waals surface area contributed by atoms with Gasteiger partial charge in [0, 0.05) is 56.7 Å². The Kier molecular flexibility index (Phi) is 5.94. The molecule has 7 rings (SSSR count). The van der Waals surface area contributed by atoms with E-state index in [4.69, 9.17) is 0 Å². The number of rotatable bonds is 6. The number of amides is 3. The molecule has 5 aromatic carbocycles. The molecule has 7 heteroatoms. The molecule has 0 unspecified atom stereocenters. The largest absolute Gasteiger partial charge is 0.331 e. The average Bonchev–Trinajstić information content (AvgIpc) is 3.03. The maximum Gasteiger partial charge on any atom is 0.261 e. The Morgan fingerprint density at radius 3 is 1.70 bits per heavy atom. The fraction of sp³-hybridized carbons (Fsp3) is 0.306. The summed E-state index contributed by atoms with van der Waals surface area (Å²) in [7, 11) is 0. The van der Waals surface area contributed by atoms with E-state index in [-0.39, 0.29) is 23.9 Å². The summed E-state index contributed by atoms with van der Waals surface area (Å²) < 4.78 is 0. The molecule has 5 aromatic rings. The molecule has 7 nitrogen and oxygen atoms in total. The Morgan fingerprint density at radius 2 is 1.14 bits per heavy atom. The molecule has 0 aliphatic carbocycles. The fourth-order valence-electron chi connectivity index (χ4n) is 7.79. The monoisotopic (exact) mass is 566 g/mol. The van der Waals surface area contributed by atoms with Gasteiger partial charge in [-0.3, -0.25) is 19.3 Å². The van der Waals surface area contributed by atoms with Crippen LogP contribution in [0, 0.1) is 22.7 Å². The quantitative estimate of drug-likeness (QED) is 0.121. The van der Waals surface area contributed by atoms with Crippen molar-refractivity contribution in [3.05, 3.63) is 69.8 Å². The minimum Gasteiger partial charge on any atom is -0.331 e. The second-order valence-electron chi connectivity index (χ2n) is 11.7. The van der Waals surface area contributed by atoms with Gasteiger partial charge in [-0.05, 0) is 71.7 Å². The summed E-state index contributed by atoms with van der Waals surface area (Å²) in [6.45, 7) is 8.48. The maximum absolute atomic E-state index is 13.9. The summed E-state index contributed by atoms with van der Waals surface area (Å²) in [5.74, 6) is -0.760. The van der Waals surface area contributed by atoms with E-state index in [9.17, 15) is 24.9 Å². The van der Waals surface area contributed by atoms with E-state index in [2.05, 4.69) is 26.0 Å². The van der Waals surface area contributed by atoms with Crippen molar-refractivity contribution in [2.75, 3.05) is 0 Å². The summed E-state index contributed by atoms with van der Waals surface area (Å²) in [4.78, 5) is 44.9. The molecule has 0 fully saturated rings. The predicted molar refractivity (Wildman–Crippen MR) is 166 cm³/mol. The van der Waals surface area contributed by atoms with E-state index in [0.717, 1.165) is 34.6 Å². The molecule has 3 amide bonds. The molecule has 0 radical (unpaired) electrons. The van der Waals surface area contributed by atoms with Gasteiger partial charge < -0.3 is 4.90 Å². The third-order valence-corrected chi connectivity index (χ3v) is 9.85. The first-order chi connectivity index (χ1) is 20.8. The lowest BCUT2D eigenvalue weighted by molar-refractivity contribution is 0.0529. The van der Waals surface area contributed by atoms with Crippen LogP contribution < -0.4 is 0 Å². The van der Waals surface area contributed by atoms with Gasteiger partial charge in [-0.15, -0.1) is 0 Å². The molecule has 0 aromatic heterocycles.